The third-order valence-electron chi connectivity index (χ3n) is 4.39. The first-order valence-electron chi connectivity index (χ1n) is 8.67. The van der Waals surface area contributed by atoms with Gasteiger partial charge < -0.3 is 15.4 Å². The SMILES string of the molecule is Cc1cc(C)cc(COC(=O)N2CCCn3nc(C(N)C#N)cc3C2)c1. The van der Waals surface area contributed by atoms with Crippen LogP contribution in [-0.4, -0.2) is 27.3 Å². The van der Waals surface area contributed by atoms with Gasteiger partial charge in [0.25, 0.3) is 0 Å². The lowest BCUT2D eigenvalue weighted by molar-refractivity contribution is 0.0941. The van der Waals surface area contributed by atoms with Crippen molar-refractivity contribution in [3.8, 4) is 6.07 Å². The summed E-state index contributed by atoms with van der Waals surface area (Å²) in [6, 6.07) is 9.16. The van der Waals surface area contributed by atoms with Crippen molar-refractivity contribution in [3.05, 3.63) is 52.3 Å². The van der Waals surface area contributed by atoms with E-state index in [9.17, 15) is 4.79 Å². The molecule has 7 nitrogen and oxygen atoms in total. The van der Waals surface area contributed by atoms with Crippen LogP contribution in [0.1, 0.15) is 40.5 Å². The molecule has 0 saturated carbocycles. The van der Waals surface area contributed by atoms with Gasteiger partial charge in [0, 0.05) is 13.1 Å². The number of nitriles is 1. The molecule has 0 bridgehead atoms. The van der Waals surface area contributed by atoms with Gasteiger partial charge in [0.15, 0.2) is 0 Å². The largest absolute Gasteiger partial charge is 0.445 e. The number of nitrogens with two attached hydrogens (primary N) is 1. The van der Waals surface area contributed by atoms with Gasteiger partial charge in [0.2, 0.25) is 0 Å². The molecule has 26 heavy (non-hydrogen) atoms. The highest BCUT2D eigenvalue weighted by Gasteiger charge is 2.23. The van der Waals surface area contributed by atoms with Crippen molar-refractivity contribution in [1.29, 1.82) is 5.26 Å². The van der Waals surface area contributed by atoms with Crippen LogP contribution in [0, 0.1) is 25.2 Å². The molecular weight excluding hydrogens is 330 g/mol. The zero-order valence-electron chi connectivity index (χ0n) is 15.1. The van der Waals surface area contributed by atoms with Gasteiger partial charge in [-0.05, 0) is 31.9 Å². The Hall–Kier alpha value is -2.85. The second-order valence-electron chi connectivity index (χ2n) is 6.72. The molecule has 136 valence electrons. The standard InChI is InChI=1S/C19H23N5O2/c1-13-6-14(2)8-15(7-13)12-26-19(25)23-4-3-5-24-16(11-23)9-18(22-24)17(21)10-20/h6-9,17H,3-5,11-12,21H2,1-2H3. The normalized spacial score (nSPS) is 14.9. The summed E-state index contributed by atoms with van der Waals surface area (Å²) in [5.41, 5.74) is 10.4. The van der Waals surface area contributed by atoms with E-state index in [0.29, 0.717) is 25.3 Å². The first kappa shape index (κ1) is 18.0. The molecule has 3 rings (SSSR count). The fraction of sp³-hybridized carbons (Fsp3) is 0.421. The maximum absolute atomic E-state index is 12.5. The van der Waals surface area contributed by atoms with Crippen LogP contribution in [0.4, 0.5) is 4.79 Å². The summed E-state index contributed by atoms with van der Waals surface area (Å²) in [7, 11) is 0. The second kappa shape index (κ2) is 7.58. The molecule has 1 aliphatic rings. The van der Waals surface area contributed by atoms with Crippen molar-refractivity contribution in [3.63, 3.8) is 0 Å². The minimum Gasteiger partial charge on any atom is -0.445 e. The molecule has 2 heterocycles. The van der Waals surface area contributed by atoms with E-state index >= 15 is 0 Å². The second-order valence-corrected chi connectivity index (χ2v) is 6.72. The molecule has 2 aromatic rings. The summed E-state index contributed by atoms with van der Waals surface area (Å²) in [6.45, 7) is 6.00. The predicted molar refractivity (Wildman–Crippen MR) is 95.9 cm³/mol. The number of hydrogen-bond donors (Lipinski definition) is 1. The van der Waals surface area contributed by atoms with Gasteiger partial charge in [-0.1, -0.05) is 29.3 Å². The Labute approximate surface area is 153 Å². The Kier molecular flexibility index (Phi) is 5.24. The van der Waals surface area contributed by atoms with E-state index in [2.05, 4.69) is 11.2 Å². The number of aryl methyl sites for hydroxylation is 3. The third-order valence-corrected chi connectivity index (χ3v) is 4.39. The Balaban J connectivity index is 1.66. The van der Waals surface area contributed by atoms with Crippen LogP contribution in [0.5, 0.6) is 0 Å². The van der Waals surface area contributed by atoms with Crippen molar-refractivity contribution in [2.45, 2.75) is 46.0 Å². The Morgan fingerprint density at radius 2 is 2.04 bits per heavy atom. The average molecular weight is 353 g/mol. The highest BCUT2D eigenvalue weighted by Crippen LogP contribution is 2.18. The minimum absolute atomic E-state index is 0.252. The van der Waals surface area contributed by atoms with Gasteiger partial charge in [-0.15, -0.1) is 0 Å². The number of carbonyl (C=O) groups excluding carboxylic acids is 1. The molecular formula is C19H23N5O2. The maximum atomic E-state index is 12.5. The van der Waals surface area contributed by atoms with Crippen LogP contribution in [0.3, 0.4) is 0 Å². The van der Waals surface area contributed by atoms with Crippen molar-refractivity contribution < 1.29 is 9.53 Å². The number of aromatic nitrogens is 2. The number of carbonyl (C=O) groups is 1. The molecule has 1 unspecified atom stereocenters. The monoisotopic (exact) mass is 353 g/mol. The summed E-state index contributed by atoms with van der Waals surface area (Å²) in [4.78, 5) is 14.2. The van der Waals surface area contributed by atoms with Gasteiger partial charge in [-0.3, -0.25) is 4.68 Å². The van der Waals surface area contributed by atoms with E-state index in [0.717, 1.165) is 28.8 Å². The topological polar surface area (TPSA) is 97.2 Å². The number of rotatable bonds is 3. The van der Waals surface area contributed by atoms with Crippen LogP contribution in [0.2, 0.25) is 0 Å². The molecule has 0 saturated heterocycles. The Bertz CT molecular complexity index is 832. The van der Waals surface area contributed by atoms with Crippen molar-refractivity contribution in [1.82, 2.24) is 14.7 Å². The van der Waals surface area contributed by atoms with Crippen LogP contribution < -0.4 is 5.73 Å². The Morgan fingerprint density at radius 3 is 2.73 bits per heavy atom. The maximum Gasteiger partial charge on any atom is 0.410 e. The van der Waals surface area contributed by atoms with Gasteiger partial charge in [-0.2, -0.15) is 10.4 Å². The van der Waals surface area contributed by atoms with E-state index in [1.54, 1.807) is 11.0 Å². The van der Waals surface area contributed by atoms with Crippen LogP contribution >= 0.6 is 0 Å². The zero-order chi connectivity index (χ0) is 18.7. The first-order chi connectivity index (χ1) is 12.5. The van der Waals surface area contributed by atoms with Crippen LogP contribution in [0.15, 0.2) is 24.3 Å². The smallest absolute Gasteiger partial charge is 0.410 e. The predicted octanol–water partition coefficient (Wildman–Crippen LogP) is 2.57. The van der Waals surface area contributed by atoms with Gasteiger partial charge in [0.05, 0.1) is 24.0 Å². The number of ether oxygens (including phenoxy) is 1. The number of amides is 1. The van der Waals surface area contributed by atoms with E-state index in [1.165, 1.54) is 0 Å². The number of hydrogen-bond acceptors (Lipinski definition) is 5. The molecule has 0 aliphatic carbocycles. The first-order valence-corrected chi connectivity index (χ1v) is 8.67. The Morgan fingerprint density at radius 1 is 1.31 bits per heavy atom. The van der Waals surface area contributed by atoms with Crippen molar-refractivity contribution in [2.24, 2.45) is 5.73 Å². The molecule has 1 aliphatic heterocycles. The third kappa shape index (κ3) is 4.03. The van der Waals surface area contributed by atoms with E-state index in [-0.39, 0.29) is 12.7 Å². The summed E-state index contributed by atoms with van der Waals surface area (Å²) in [5, 5.41) is 13.3. The number of nitrogens with zero attached hydrogens (tertiary/aromatic N) is 4. The molecule has 1 amide bonds. The molecule has 0 radical (unpaired) electrons. The van der Waals surface area contributed by atoms with Crippen molar-refractivity contribution in [2.75, 3.05) is 6.54 Å². The fourth-order valence-electron chi connectivity index (χ4n) is 3.25. The molecule has 1 atom stereocenters. The zero-order valence-corrected chi connectivity index (χ0v) is 15.1. The van der Waals surface area contributed by atoms with Gasteiger partial charge in [0.1, 0.15) is 12.6 Å². The van der Waals surface area contributed by atoms with Gasteiger partial charge >= 0.3 is 6.09 Å². The lowest BCUT2D eigenvalue weighted by Gasteiger charge is -2.19. The summed E-state index contributed by atoms with van der Waals surface area (Å²) < 4.78 is 7.33. The lowest BCUT2D eigenvalue weighted by Crippen LogP contribution is -2.31. The average Bonchev–Trinajstić information content (AvgIpc) is 2.89. The highest BCUT2D eigenvalue weighted by molar-refractivity contribution is 5.67. The fourth-order valence-corrected chi connectivity index (χ4v) is 3.25. The summed E-state index contributed by atoms with van der Waals surface area (Å²) in [6.07, 6.45) is 0.430. The lowest BCUT2D eigenvalue weighted by atomic mass is 10.1. The number of fused-ring (bicyclic) bond motifs is 1. The van der Waals surface area contributed by atoms with Crippen LogP contribution in [-0.2, 0) is 24.4 Å². The van der Waals surface area contributed by atoms with Gasteiger partial charge in [-0.25, -0.2) is 4.79 Å². The quantitative estimate of drug-likeness (QED) is 0.914. The number of benzene rings is 1. The molecule has 0 fully saturated rings. The van der Waals surface area contributed by atoms with Crippen LogP contribution in [0.25, 0.3) is 0 Å². The van der Waals surface area contributed by atoms with E-state index in [1.807, 2.05) is 36.7 Å². The molecule has 1 aromatic heterocycles. The molecule has 7 heteroatoms. The van der Waals surface area contributed by atoms with Crippen molar-refractivity contribution >= 4 is 6.09 Å². The summed E-state index contributed by atoms with van der Waals surface area (Å²) >= 11 is 0. The van der Waals surface area contributed by atoms with E-state index in [4.69, 9.17) is 15.7 Å². The summed E-state index contributed by atoms with van der Waals surface area (Å²) in [5.74, 6) is 0. The molecule has 1 aromatic carbocycles. The molecule has 2 N–H and O–H groups in total. The minimum atomic E-state index is -0.751. The highest BCUT2D eigenvalue weighted by atomic mass is 16.6. The van der Waals surface area contributed by atoms with E-state index < -0.39 is 6.04 Å². The molecule has 0 spiro atoms.